The minimum Gasteiger partial charge on any atom is -0.265 e. The topological polar surface area (TPSA) is 61.4 Å². The molecule has 0 saturated carbocycles. The molecule has 0 aliphatic rings. The first-order valence-corrected chi connectivity index (χ1v) is 6.11. The largest absolute Gasteiger partial charge is 0.265 e. The zero-order valence-corrected chi connectivity index (χ0v) is 11.1. The van der Waals surface area contributed by atoms with Crippen molar-refractivity contribution in [2.45, 2.75) is 19.9 Å². The number of alkyl halides is 2. The van der Waals surface area contributed by atoms with Gasteiger partial charge in [-0.2, -0.15) is 15.2 Å². The molecule has 0 saturated heterocycles. The van der Waals surface area contributed by atoms with Crippen LogP contribution in [0.2, 0.25) is 5.28 Å². The molecule has 0 amide bonds. The van der Waals surface area contributed by atoms with Gasteiger partial charge < -0.3 is 0 Å². The molecule has 9 heteroatoms. The number of aromatic nitrogens is 6. The fraction of sp³-hybridized carbons (Fsp3) is 0.273. The van der Waals surface area contributed by atoms with Gasteiger partial charge in [0.15, 0.2) is 5.65 Å². The molecule has 6 nitrogen and oxygen atoms in total. The molecule has 3 aromatic rings. The van der Waals surface area contributed by atoms with E-state index in [1.807, 2.05) is 0 Å². The minimum atomic E-state index is -2.46. The summed E-state index contributed by atoms with van der Waals surface area (Å²) in [4.78, 5) is 8.01. The quantitative estimate of drug-likeness (QED) is 0.696. The third kappa shape index (κ3) is 2.22. The van der Waals surface area contributed by atoms with Gasteiger partial charge in [-0.05, 0) is 18.5 Å². The second-order valence-electron chi connectivity index (χ2n) is 4.19. The second kappa shape index (κ2) is 4.78. The summed E-state index contributed by atoms with van der Waals surface area (Å²) in [6.45, 7) is 1.34. The van der Waals surface area contributed by atoms with Crippen molar-refractivity contribution in [3.63, 3.8) is 0 Å². The van der Waals surface area contributed by atoms with Crippen LogP contribution in [0.1, 0.15) is 5.69 Å². The normalized spacial score (nSPS) is 11.7. The van der Waals surface area contributed by atoms with Crippen LogP contribution in [-0.2, 0) is 6.54 Å². The van der Waals surface area contributed by atoms with Gasteiger partial charge in [-0.1, -0.05) is 0 Å². The van der Waals surface area contributed by atoms with E-state index in [9.17, 15) is 8.78 Å². The molecule has 0 unspecified atom stereocenters. The summed E-state index contributed by atoms with van der Waals surface area (Å²) in [6, 6.07) is 0. The van der Waals surface area contributed by atoms with E-state index in [1.54, 1.807) is 13.1 Å². The van der Waals surface area contributed by atoms with Gasteiger partial charge >= 0.3 is 0 Å². The van der Waals surface area contributed by atoms with Crippen LogP contribution in [0.25, 0.3) is 16.7 Å². The standard InChI is InChI=1S/C11H9ClF2N6/c1-6-8-3-15-11(12)17-10(8)20(18-6)7-2-16-19(4-7)5-9(13)14/h2-4,9H,5H2,1H3. The summed E-state index contributed by atoms with van der Waals surface area (Å²) in [5.41, 5.74) is 1.77. The Hall–Kier alpha value is -2.09. The Morgan fingerprint density at radius 2 is 2.15 bits per heavy atom. The lowest BCUT2D eigenvalue weighted by atomic mass is 10.3. The Morgan fingerprint density at radius 3 is 2.90 bits per heavy atom. The van der Waals surface area contributed by atoms with Crippen LogP contribution < -0.4 is 0 Å². The van der Waals surface area contributed by atoms with Crippen molar-refractivity contribution in [2.24, 2.45) is 0 Å². The highest BCUT2D eigenvalue weighted by molar-refractivity contribution is 6.28. The number of fused-ring (bicyclic) bond motifs is 1. The fourth-order valence-electron chi connectivity index (χ4n) is 1.90. The molecule has 0 aliphatic heterocycles. The van der Waals surface area contributed by atoms with E-state index in [-0.39, 0.29) is 5.28 Å². The first-order valence-electron chi connectivity index (χ1n) is 5.73. The first kappa shape index (κ1) is 12.9. The van der Waals surface area contributed by atoms with Crippen molar-refractivity contribution in [2.75, 3.05) is 0 Å². The maximum atomic E-state index is 12.3. The molecule has 0 aliphatic carbocycles. The first-order chi connectivity index (χ1) is 9.54. The fourth-order valence-corrected chi connectivity index (χ4v) is 2.03. The molecule has 0 N–H and O–H groups in total. The summed E-state index contributed by atoms with van der Waals surface area (Å²) < 4.78 is 27.3. The van der Waals surface area contributed by atoms with Crippen LogP contribution in [0, 0.1) is 6.92 Å². The molecule has 0 spiro atoms. The number of rotatable bonds is 3. The third-order valence-electron chi connectivity index (χ3n) is 2.77. The van der Waals surface area contributed by atoms with Crippen molar-refractivity contribution in [3.8, 4) is 5.69 Å². The molecular weight excluding hydrogens is 290 g/mol. The number of hydrogen-bond donors (Lipinski definition) is 0. The summed E-state index contributed by atoms with van der Waals surface area (Å²) in [6.07, 6.45) is 2.04. The van der Waals surface area contributed by atoms with Crippen molar-refractivity contribution in [1.29, 1.82) is 0 Å². The van der Waals surface area contributed by atoms with Crippen molar-refractivity contribution >= 4 is 22.6 Å². The molecule has 20 heavy (non-hydrogen) atoms. The average molecular weight is 299 g/mol. The highest BCUT2D eigenvalue weighted by atomic mass is 35.5. The Morgan fingerprint density at radius 1 is 1.35 bits per heavy atom. The maximum Gasteiger partial charge on any atom is 0.257 e. The zero-order valence-electron chi connectivity index (χ0n) is 10.3. The van der Waals surface area contributed by atoms with Gasteiger partial charge in [0.05, 0.1) is 23.5 Å². The van der Waals surface area contributed by atoms with E-state index < -0.39 is 13.0 Å². The number of halogens is 3. The number of hydrogen-bond acceptors (Lipinski definition) is 4. The summed E-state index contributed by atoms with van der Waals surface area (Å²) in [5.74, 6) is 0. The lowest BCUT2D eigenvalue weighted by molar-refractivity contribution is 0.122. The predicted octanol–water partition coefficient (Wildman–Crippen LogP) is 2.24. The molecule has 0 atom stereocenters. The summed E-state index contributed by atoms with van der Waals surface area (Å²) in [7, 11) is 0. The van der Waals surface area contributed by atoms with Gasteiger partial charge in [-0.15, -0.1) is 0 Å². The average Bonchev–Trinajstić information content (AvgIpc) is 2.94. The Bertz CT molecular complexity index is 765. The lowest BCUT2D eigenvalue weighted by Gasteiger charge is -1.99. The second-order valence-corrected chi connectivity index (χ2v) is 4.52. The van der Waals surface area contributed by atoms with E-state index >= 15 is 0 Å². The van der Waals surface area contributed by atoms with Crippen molar-refractivity contribution in [3.05, 3.63) is 29.6 Å². The van der Waals surface area contributed by atoms with Gasteiger partial charge in [0.1, 0.15) is 12.2 Å². The molecule has 0 aromatic carbocycles. The molecular formula is C11H9ClF2N6. The number of nitrogens with zero attached hydrogens (tertiary/aromatic N) is 6. The van der Waals surface area contributed by atoms with Gasteiger partial charge in [-0.3, -0.25) is 4.68 Å². The third-order valence-corrected chi connectivity index (χ3v) is 2.95. The van der Waals surface area contributed by atoms with E-state index in [2.05, 4.69) is 20.2 Å². The lowest BCUT2D eigenvalue weighted by Crippen LogP contribution is -2.06. The monoisotopic (exact) mass is 298 g/mol. The maximum absolute atomic E-state index is 12.3. The van der Waals surface area contributed by atoms with Crippen LogP contribution in [-0.4, -0.2) is 36.0 Å². The Labute approximate surface area is 117 Å². The molecule has 104 valence electrons. The SMILES string of the molecule is Cc1nn(-c2cnn(CC(F)F)c2)c2nc(Cl)ncc12. The van der Waals surface area contributed by atoms with Gasteiger partial charge in [0, 0.05) is 6.20 Å². The highest BCUT2D eigenvalue weighted by Gasteiger charge is 2.14. The molecule has 3 aromatic heterocycles. The van der Waals surface area contributed by atoms with Gasteiger partial charge in [-0.25, -0.2) is 18.4 Å². The summed E-state index contributed by atoms with van der Waals surface area (Å²) in [5, 5.41) is 9.02. The van der Waals surface area contributed by atoms with E-state index in [0.29, 0.717) is 11.3 Å². The smallest absolute Gasteiger partial charge is 0.257 e. The minimum absolute atomic E-state index is 0.0959. The predicted molar refractivity (Wildman–Crippen MR) is 68.2 cm³/mol. The van der Waals surface area contributed by atoms with Crippen LogP contribution in [0.5, 0.6) is 0 Å². The highest BCUT2D eigenvalue weighted by Crippen LogP contribution is 2.20. The zero-order chi connectivity index (χ0) is 14.3. The molecule has 0 bridgehead atoms. The molecule has 0 fully saturated rings. The molecule has 0 radical (unpaired) electrons. The van der Waals surface area contributed by atoms with Gasteiger partial charge in [0.2, 0.25) is 5.28 Å². The number of aryl methyl sites for hydroxylation is 1. The molecule has 3 rings (SSSR count). The van der Waals surface area contributed by atoms with E-state index in [4.69, 9.17) is 11.6 Å². The summed E-state index contributed by atoms with van der Waals surface area (Å²) >= 11 is 5.78. The van der Waals surface area contributed by atoms with Gasteiger partial charge in [0.25, 0.3) is 6.43 Å². The van der Waals surface area contributed by atoms with Crippen molar-refractivity contribution < 1.29 is 8.78 Å². The molecule has 3 heterocycles. The van der Waals surface area contributed by atoms with Crippen LogP contribution in [0.4, 0.5) is 8.78 Å². The Balaban J connectivity index is 2.09. The van der Waals surface area contributed by atoms with E-state index in [0.717, 1.165) is 15.8 Å². The van der Waals surface area contributed by atoms with Crippen molar-refractivity contribution in [1.82, 2.24) is 29.5 Å². The Kier molecular flexibility index (Phi) is 3.09. The van der Waals surface area contributed by atoms with E-state index in [1.165, 1.54) is 17.1 Å². The van der Waals surface area contributed by atoms with Crippen LogP contribution in [0.3, 0.4) is 0 Å². The van der Waals surface area contributed by atoms with Crippen LogP contribution in [0.15, 0.2) is 18.6 Å². The van der Waals surface area contributed by atoms with Crippen LogP contribution >= 0.6 is 11.6 Å².